The van der Waals surface area contributed by atoms with E-state index in [2.05, 4.69) is 29.6 Å². The average molecular weight is 397 g/mol. The standard InChI is InChI=1S/C22H23NO4S/c24-21(25)20(12-14-6-5-11-28-14)23-22(26)27-13-19-17-9-3-1-7-15(17)16-8-2-4-10-18(16)19/h1-4,7-10,14,19-20H,5-6,11-13H2,(H,23,26)(H,24,25). The van der Waals surface area contributed by atoms with Gasteiger partial charge >= 0.3 is 12.1 Å². The minimum absolute atomic E-state index is 0.0354. The number of thioether (sulfide) groups is 1. The molecule has 2 aromatic rings. The number of benzene rings is 2. The minimum atomic E-state index is -1.01. The lowest BCUT2D eigenvalue weighted by molar-refractivity contribution is -0.139. The zero-order valence-electron chi connectivity index (χ0n) is 15.5. The maximum atomic E-state index is 12.3. The Balaban J connectivity index is 1.41. The highest BCUT2D eigenvalue weighted by Gasteiger charge is 2.30. The molecule has 0 aromatic heterocycles. The van der Waals surface area contributed by atoms with Gasteiger partial charge in [-0.15, -0.1) is 0 Å². The molecule has 1 aliphatic carbocycles. The van der Waals surface area contributed by atoms with Gasteiger partial charge in [0.15, 0.2) is 0 Å². The normalized spacial score (nSPS) is 18.9. The molecule has 1 aliphatic heterocycles. The Kier molecular flexibility index (Phi) is 5.57. The monoisotopic (exact) mass is 397 g/mol. The summed E-state index contributed by atoms with van der Waals surface area (Å²) >= 11 is 1.78. The molecular weight excluding hydrogens is 374 g/mol. The second kappa shape index (κ2) is 8.27. The van der Waals surface area contributed by atoms with Gasteiger partial charge in [0, 0.05) is 11.2 Å². The van der Waals surface area contributed by atoms with Crippen LogP contribution in [0.3, 0.4) is 0 Å². The molecule has 1 amide bonds. The molecule has 2 aliphatic rings. The summed E-state index contributed by atoms with van der Waals surface area (Å²) in [5.74, 6) is 0.00918. The first-order chi connectivity index (χ1) is 13.6. The van der Waals surface area contributed by atoms with Gasteiger partial charge < -0.3 is 15.2 Å². The Morgan fingerprint density at radius 1 is 1.11 bits per heavy atom. The summed E-state index contributed by atoms with van der Waals surface area (Å²) in [4.78, 5) is 23.8. The lowest BCUT2D eigenvalue weighted by Gasteiger charge is -2.19. The van der Waals surface area contributed by atoms with Gasteiger partial charge in [0.2, 0.25) is 0 Å². The van der Waals surface area contributed by atoms with Crippen LogP contribution in [-0.2, 0) is 9.53 Å². The highest BCUT2D eigenvalue weighted by Crippen LogP contribution is 2.44. The quantitative estimate of drug-likeness (QED) is 0.762. The van der Waals surface area contributed by atoms with E-state index in [1.165, 1.54) is 0 Å². The molecule has 2 N–H and O–H groups in total. The third kappa shape index (κ3) is 3.87. The number of carboxylic acid groups (broad SMARTS) is 1. The molecule has 2 aromatic carbocycles. The first-order valence-corrected chi connectivity index (χ1v) is 10.6. The van der Waals surface area contributed by atoms with Crippen LogP contribution >= 0.6 is 11.8 Å². The van der Waals surface area contributed by atoms with Gasteiger partial charge in [-0.3, -0.25) is 0 Å². The van der Waals surface area contributed by atoms with Crippen molar-refractivity contribution in [2.24, 2.45) is 0 Å². The minimum Gasteiger partial charge on any atom is -0.480 e. The third-order valence-corrected chi connectivity index (χ3v) is 6.88. The van der Waals surface area contributed by atoms with Crippen LogP contribution in [0.25, 0.3) is 11.1 Å². The topological polar surface area (TPSA) is 75.6 Å². The summed E-state index contributed by atoms with van der Waals surface area (Å²) in [5, 5.41) is 12.3. The van der Waals surface area contributed by atoms with Crippen molar-refractivity contribution in [1.82, 2.24) is 5.32 Å². The van der Waals surface area contributed by atoms with Crippen molar-refractivity contribution >= 4 is 23.8 Å². The SMILES string of the molecule is O=C(NC(CC1CCCS1)C(=O)O)OCC1c2ccccc2-c2ccccc21. The van der Waals surface area contributed by atoms with E-state index in [0.29, 0.717) is 6.42 Å². The third-order valence-electron chi connectivity index (χ3n) is 5.46. The lowest BCUT2D eigenvalue weighted by atomic mass is 9.98. The van der Waals surface area contributed by atoms with Gasteiger partial charge in [0.1, 0.15) is 12.6 Å². The fourth-order valence-electron chi connectivity index (χ4n) is 4.10. The number of aliphatic carboxylic acids is 1. The Morgan fingerprint density at radius 2 is 1.75 bits per heavy atom. The number of amides is 1. The second-order valence-electron chi connectivity index (χ2n) is 7.23. The summed E-state index contributed by atoms with van der Waals surface area (Å²) in [6, 6.07) is 15.3. The van der Waals surface area contributed by atoms with E-state index in [9.17, 15) is 14.7 Å². The van der Waals surface area contributed by atoms with E-state index in [1.807, 2.05) is 24.3 Å². The summed E-state index contributed by atoms with van der Waals surface area (Å²) in [6.45, 7) is 0.185. The molecule has 2 unspecified atom stereocenters. The molecule has 0 saturated carbocycles. The first kappa shape index (κ1) is 18.9. The number of hydrogen-bond donors (Lipinski definition) is 2. The number of fused-ring (bicyclic) bond motifs is 3. The molecule has 0 radical (unpaired) electrons. The maximum absolute atomic E-state index is 12.3. The summed E-state index contributed by atoms with van der Waals surface area (Å²) in [7, 11) is 0. The van der Waals surface area contributed by atoms with Crippen LogP contribution in [0.5, 0.6) is 0 Å². The van der Waals surface area contributed by atoms with Gasteiger partial charge in [-0.25, -0.2) is 9.59 Å². The molecule has 28 heavy (non-hydrogen) atoms. The van der Waals surface area contributed by atoms with Crippen molar-refractivity contribution in [3.8, 4) is 11.1 Å². The van der Waals surface area contributed by atoms with E-state index in [4.69, 9.17) is 4.74 Å². The highest BCUT2D eigenvalue weighted by atomic mass is 32.2. The van der Waals surface area contributed by atoms with Crippen molar-refractivity contribution in [3.63, 3.8) is 0 Å². The molecule has 0 bridgehead atoms. The average Bonchev–Trinajstić information content (AvgIpc) is 3.32. The Hall–Kier alpha value is -2.47. The number of carbonyl (C=O) groups is 2. The number of rotatable bonds is 6. The van der Waals surface area contributed by atoms with E-state index >= 15 is 0 Å². The van der Waals surface area contributed by atoms with Crippen LogP contribution in [0.4, 0.5) is 4.79 Å². The van der Waals surface area contributed by atoms with Gasteiger partial charge in [-0.05, 0) is 47.3 Å². The van der Waals surface area contributed by atoms with Crippen LogP contribution in [0.1, 0.15) is 36.3 Å². The van der Waals surface area contributed by atoms with Crippen LogP contribution in [0, 0.1) is 0 Å². The number of carbonyl (C=O) groups excluding carboxylic acids is 1. The molecule has 1 saturated heterocycles. The van der Waals surface area contributed by atoms with Crippen molar-refractivity contribution in [3.05, 3.63) is 59.7 Å². The van der Waals surface area contributed by atoms with Gasteiger partial charge in [0.25, 0.3) is 0 Å². The summed E-state index contributed by atoms with van der Waals surface area (Å²) in [6.07, 6.45) is 1.87. The largest absolute Gasteiger partial charge is 0.480 e. The molecule has 1 fully saturated rings. The zero-order chi connectivity index (χ0) is 19.5. The van der Waals surface area contributed by atoms with E-state index < -0.39 is 18.1 Å². The molecule has 1 heterocycles. The van der Waals surface area contributed by atoms with Crippen molar-refractivity contribution in [2.45, 2.75) is 36.5 Å². The smallest absolute Gasteiger partial charge is 0.407 e. The molecule has 5 nitrogen and oxygen atoms in total. The van der Waals surface area contributed by atoms with E-state index in [1.54, 1.807) is 11.8 Å². The van der Waals surface area contributed by atoms with Gasteiger partial charge in [0.05, 0.1) is 0 Å². The maximum Gasteiger partial charge on any atom is 0.407 e. The Bertz CT molecular complexity index is 833. The fraction of sp³-hybridized carbons (Fsp3) is 0.364. The first-order valence-electron chi connectivity index (χ1n) is 9.59. The van der Waals surface area contributed by atoms with Crippen LogP contribution in [0.15, 0.2) is 48.5 Å². The number of carboxylic acids is 1. The summed E-state index contributed by atoms with van der Waals surface area (Å²) < 4.78 is 5.46. The van der Waals surface area contributed by atoms with E-state index in [-0.39, 0.29) is 17.8 Å². The van der Waals surface area contributed by atoms with Crippen LogP contribution < -0.4 is 5.32 Å². The highest BCUT2D eigenvalue weighted by molar-refractivity contribution is 8.00. The number of alkyl carbamates (subject to hydrolysis) is 1. The fourth-order valence-corrected chi connectivity index (χ4v) is 5.43. The van der Waals surface area contributed by atoms with Gasteiger partial charge in [-0.2, -0.15) is 11.8 Å². The number of ether oxygens (including phenoxy) is 1. The predicted molar refractivity (Wildman–Crippen MR) is 110 cm³/mol. The van der Waals surface area contributed by atoms with Crippen molar-refractivity contribution in [1.29, 1.82) is 0 Å². The Morgan fingerprint density at radius 3 is 2.32 bits per heavy atom. The predicted octanol–water partition coefficient (Wildman–Crippen LogP) is 4.26. The second-order valence-corrected chi connectivity index (χ2v) is 8.64. The van der Waals surface area contributed by atoms with Crippen LogP contribution in [0.2, 0.25) is 0 Å². The van der Waals surface area contributed by atoms with Gasteiger partial charge in [-0.1, -0.05) is 48.5 Å². The lowest BCUT2D eigenvalue weighted by Crippen LogP contribution is -2.42. The van der Waals surface area contributed by atoms with Crippen LogP contribution in [-0.4, -0.2) is 40.8 Å². The summed E-state index contributed by atoms with van der Waals surface area (Å²) in [5.41, 5.74) is 4.59. The molecule has 146 valence electrons. The van der Waals surface area contributed by atoms with Crippen molar-refractivity contribution < 1.29 is 19.4 Å². The molecule has 6 heteroatoms. The zero-order valence-corrected chi connectivity index (χ0v) is 16.3. The molecular formula is C22H23NO4S. The molecule has 4 rings (SSSR count). The number of nitrogens with one attached hydrogen (secondary N) is 1. The van der Waals surface area contributed by atoms with Crippen molar-refractivity contribution in [2.75, 3.05) is 12.4 Å². The molecule has 2 atom stereocenters. The number of hydrogen-bond acceptors (Lipinski definition) is 4. The molecule has 0 spiro atoms. The van der Waals surface area contributed by atoms with E-state index in [0.717, 1.165) is 40.8 Å². The Labute approximate surface area is 168 Å².